The molecule has 0 aliphatic carbocycles. The van der Waals surface area contributed by atoms with Crippen LogP contribution in [0.15, 0.2) is 65.7 Å². The van der Waals surface area contributed by atoms with Crippen molar-refractivity contribution in [2.75, 3.05) is 20.3 Å². The smallest absolute Gasteiger partial charge is 0.437 e. The van der Waals surface area contributed by atoms with Gasteiger partial charge in [-0.25, -0.2) is 9.59 Å². The van der Waals surface area contributed by atoms with Crippen molar-refractivity contribution >= 4 is 18.1 Å². The van der Waals surface area contributed by atoms with Crippen LogP contribution in [0, 0.1) is 0 Å². The predicted octanol–water partition coefficient (Wildman–Crippen LogP) is 2.84. The molecule has 2 aromatic carbocycles. The number of rotatable bonds is 7. The topological polar surface area (TPSA) is 98.3 Å². The van der Waals surface area contributed by atoms with Crippen LogP contribution in [0.25, 0.3) is 0 Å². The molecule has 0 radical (unpaired) electrons. The van der Waals surface area contributed by atoms with E-state index >= 15 is 0 Å². The second-order valence-electron chi connectivity index (χ2n) is 5.61. The van der Waals surface area contributed by atoms with Gasteiger partial charge in [-0.15, -0.1) is 4.99 Å². The van der Waals surface area contributed by atoms with Crippen molar-refractivity contribution in [1.82, 2.24) is 10.6 Å². The molecule has 0 fully saturated rings. The Morgan fingerprint density at radius 3 is 2.04 bits per heavy atom. The van der Waals surface area contributed by atoms with Crippen LogP contribution >= 0.6 is 0 Å². The van der Waals surface area contributed by atoms with Crippen LogP contribution in [-0.4, -0.2) is 38.4 Å². The van der Waals surface area contributed by atoms with Crippen LogP contribution in [0.3, 0.4) is 0 Å². The van der Waals surface area contributed by atoms with Crippen molar-refractivity contribution in [2.45, 2.75) is 13.2 Å². The lowest BCUT2D eigenvalue weighted by molar-refractivity contribution is 0.144. The Balaban J connectivity index is 1.88. The molecule has 0 unspecified atom stereocenters. The molecular weight excluding hydrogens is 362 g/mol. The van der Waals surface area contributed by atoms with E-state index < -0.39 is 12.2 Å². The molecular formula is C20H23N3O5. The van der Waals surface area contributed by atoms with E-state index in [4.69, 9.17) is 14.2 Å². The monoisotopic (exact) mass is 385 g/mol. The molecule has 0 saturated carbocycles. The summed E-state index contributed by atoms with van der Waals surface area (Å²) < 4.78 is 15.1. The van der Waals surface area contributed by atoms with Crippen molar-refractivity contribution in [3.05, 3.63) is 71.8 Å². The van der Waals surface area contributed by atoms with Gasteiger partial charge in [0.1, 0.15) is 13.2 Å². The summed E-state index contributed by atoms with van der Waals surface area (Å²) in [5.41, 5.74) is 1.67. The van der Waals surface area contributed by atoms with E-state index in [-0.39, 0.29) is 19.2 Å². The minimum absolute atomic E-state index is 0.0758. The third-order valence-electron chi connectivity index (χ3n) is 3.44. The number of guanidine groups is 1. The van der Waals surface area contributed by atoms with Crippen molar-refractivity contribution in [2.24, 2.45) is 4.99 Å². The molecule has 0 aromatic heterocycles. The van der Waals surface area contributed by atoms with Gasteiger partial charge in [-0.3, -0.25) is 5.32 Å². The number of aliphatic imine (C=N–C) groups is 1. The second-order valence-corrected chi connectivity index (χ2v) is 5.61. The molecule has 0 atom stereocenters. The average Bonchev–Trinajstić information content (AvgIpc) is 2.72. The van der Waals surface area contributed by atoms with E-state index in [0.717, 1.165) is 11.1 Å². The molecule has 0 heterocycles. The molecule has 8 heteroatoms. The second kappa shape index (κ2) is 12.1. The van der Waals surface area contributed by atoms with Gasteiger partial charge >= 0.3 is 12.2 Å². The number of nitrogens with zero attached hydrogens (tertiary/aromatic N) is 1. The average molecular weight is 385 g/mol. The number of ether oxygens (including phenoxy) is 3. The predicted molar refractivity (Wildman–Crippen MR) is 104 cm³/mol. The zero-order valence-electron chi connectivity index (χ0n) is 15.6. The van der Waals surface area contributed by atoms with Crippen molar-refractivity contribution in [1.29, 1.82) is 0 Å². The zero-order valence-corrected chi connectivity index (χ0v) is 15.6. The lowest BCUT2D eigenvalue weighted by Gasteiger charge is -2.11. The maximum atomic E-state index is 12.0. The Morgan fingerprint density at radius 1 is 0.893 bits per heavy atom. The number of alkyl carbamates (subject to hydrolysis) is 1. The number of methoxy groups -OCH3 is 1. The highest BCUT2D eigenvalue weighted by Crippen LogP contribution is 2.02. The quantitative estimate of drug-likeness (QED) is 0.432. The Hall–Kier alpha value is -3.39. The molecule has 0 saturated heterocycles. The molecule has 28 heavy (non-hydrogen) atoms. The first-order chi connectivity index (χ1) is 13.7. The normalized spacial score (nSPS) is 10.8. The molecule has 2 amide bonds. The first-order valence-corrected chi connectivity index (χ1v) is 8.67. The van der Waals surface area contributed by atoms with Gasteiger partial charge in [0.15, 0.2) is 0 Å². The summed E-state index contributed by atoms with van der Waals surface area (Å²) in [6.45, 7) is 0.864. The SMILES string of the molecule is COCCN/C(=N\C(=O)OCc1ccccc1)NC(=O)OCc1ccccc1. The summed E-state index contributed by atoms with van der Waals surface area (Å²) in [4.78, 5) is 27.7. The summed E-state index contributed by atoms with van der Waals surface area (Å²) in [6.07, 6.45) is -1.59. The number of hydrogen-bond donors (Lipinski definition) is 2. The maximum absolute atomic E-state index is 12.0. The molecule has 0 spiro atoms. The van der Waals surface area contributed by atoms with Crippen LogP contribution in [-0.2, 0) is 27.4 Å². The Bertz CT molecular complexity index is 766. The van der Waals surface area contributed by atoms with E-state index in [1.165, 1.54) is 7.11 Å². The zero-order chi connectivity index (χ0) is 20.0. The van der Waals surface area contributed by atoms with Gasteiger partial charge in [-0.1, -0.05) is 60.7 Å². The largest absolute Gasteiger partial charge is 0.444 e. The standard InChI is InChI=1S/C20H23N3O5/c1-26-13-12-21-18(22-19(24)27-14-16-8-4-2-5-9-16)23-20(25)28-15-17-10-6-3-7-11-17/h2-11H,12-15H2,1H3,(H2,21,22,23,24,25). The molecule has 2 N–H and O–H groups in total. The number of amides is 2. The van der Waals surface area contributed by atoms with Crippen LogP contribution in [0.4, 0.5) is 9.59 Å². The fourth-order valence-corrected chi connectivity index (χ4v) is 2.08. The van der Waals surface area contributed by atoms with Crippen LogP contribution in [0.1, 0.15) is 11.1 Å². The first-order valence-electron chi connectivity index (χ1n) is 8.67. The fraction of sp³-hybridized carbons (Fsp3) is 0.250. The van der Waals surface area contributed by atoms with Gasteiger partial charge < -0.3 is 19.5 Å². The van der Waals surface area contributed by atoms with E-state index in [9.17, 15) is 9.59 Å². The minimum Gasteiger partial charge on any atom is -0.444 e. The number of carbonyl (C=O) groups is 2. The molecule has 0 bridgehead atoms. The Kier molecular flexibility index (Phi) is 9.02. The lowest BCUT2D eigenvalue weighted by Crippen LogP contribution is -2.43. The summed E-state index contributed by atoms with van der Waals surface area (Å²) in [7, 11) is 1.54. The highest BCUT2D eigenvalue weighted by atomic mass is 16.6. The van der Waals surface area contributed by atoms with Gasteiger partial charge in [-0.2, -0.15) is 0 Å². The maximum Gasteiger partial charge on any atom is 0.437 e. The summed E-state index contributed by atoms with van der Waals surface area (Å²) in [5.74, 6) is -0.0758. The lowest BCUT2D eigenvalue weighted by atomic mass is 10.2. The number of benzene rings is 2. The highest BCUT2D eigenvalue weighted by molar-refractivity contribution is 5.98. The van der Waals surface area contributed by atoms with Crippen molar-refractivity contribution < 1.29 is 23.8 Å². The van der Waals surface area contributed by atoms with E-state index in [1.807, 2.05) is 60.7 Å². The first kappa shape index (κ1) is 20.9. The molecule has 148 valence electrons. The van der Waals surface area contributed by atoms with Gasteiger partial charge in [-0.05, 0) is 11.1 Å². The molecule has 0 aliphatic rings. The van der Waals surface area contributed by atoms with E-state index in [1.54, 1.807) is 0 Å². The minimum atomic E-state index is -0.841. The summed E-state index contributed by atoms with van der Waals surface area (Å²) >= 11 is 0. The Morgan fingerprint density at radius 2 is 1.46 bits per heavy atom. The van der Waals surface area contributed by atoms with Gasteiger partial charge in [0.2, 0.25) is 5.96 Å². The van der Waals surface area contributed by atoms with Crippen LogP contribution in [0.2, 0.25) is 0 Å². The number of hydrogen-bond acceptors (Lipinski definition) is 5. The number of nitrogens with one attached hydrogen (secondary N) is 2. The van der Waals surface area contributed by atoms with E-state index in [2.05, 4.69) is 15.6 Å². The van der Waals surface area contributed by atoms with Gasteiger partial charge in [0.25, 0.3) is 0 Å². The van der Waals surface area contributed by atoms with Crippen molar-refractivity contribution in [3.63, 3.8) is 0 Å². The third-order valence-corrected chi connectivity index (χ3v) is 3.44. The number of carbonyl (C=O) groups excluding carboxylic acids is 2. The fourth-order valence-electron chi connectivity index (χ4n) is 2.08. The van der Waals surface area contributed by atoms with E-state index in [0.29, 0.717) is 13.2 Å². The Labute approximate surface area is 163 Å². The van der Waals surface area contributed by atoms with Crippen LogP contribution in [0.5, 0.6) is 0 Å². The molecule has 2 aromatic rings. The molecule has 2 rings (SSSR count). The highest BCUT2D eigenvalue weighted by Gasteiger charge is 2.10. The summed E-state index contributed by atoms with van der Waals surface area (Å²) in [5, 5.41) is 5.19. The molecule has 8 nitrogen and oxygen atoms in total. The third kappa shape index (κ3) is 8.33. The van der Waals surface area contributed by atoms with Gasteiger partial charge in [0, 0.05) is 13.7 Å². The van der Waals surface area contributed by atoms with Crippen LogP contribution < -0.4 is 10.6 Å². The van der Waals surface area contributed by atoms with Crippen molar-refractivity contribution in [3.8, 4) is 0 Å². The van der Waals surface area contributed by atoms with Gasteiger partial charge in [0.05, 0.1) is 6.61 Å². The molecule has 0 aliphatic heterocycles. The summed E-state index contributed by atoms with van der Waals surface area (Å²) in [6, 6.07) is 18.4.